The highest BCUT2D eigenvalue weighted by Crippen LogP contribution is 2.22. The van der Waals surface area contributed by atoms with Crippen molar-refractivity contribution in [3.63, 3.8) is 0 Å². The van der Waals surface area contributed by atoms with E-state index in [0.717, 1.165) is 50.1 Å². The first-order valence-corrected chi connectivity index (χ1v) is 21.8. The number of carbonyl (C=O) groups is 1. The van der Waals surface area contributed by atoms with Crippen molar-refractivity contribution in [3.05, 3.63) is 70.6 Å². The van der Waals surface area contributed by atoms with Gasteiger partial charge in [0.1, 0.15) is 5.60 Å². The van der Waals surface area contributed by atoms with E-state index in [1.165, 1.54) is 60.9 Å². The molecule has 1 saturated heterocycles. The van der Waals surface area contributed by atoms with Gasteiger partial charge < -0.3 is 14.5 Å². The zero-order valence-corrected chi connectivity index (χ0v) is 40.0. The number of nitriles is 1. The van der Waals surface area contributed by atoms with E-state index in [0.29, 0.717) is 13.1 Å². The molecule has 0 aromatic rings. The molecule has 0 atom stereocenters. The number of hydrogen-bond donors (Lipinski definition) is 0. The molecule has 0 unspecified atom stereocenters. The maximum absolute atomic E-state index is 12.3. The summed E-state index contributed by atoms with van der Waals surface area (Å²) in [6, 6.07) is 2.18. The number of rotatable bonds is 13. The normalized spacial score (nSPS) is 14.0. The van der Waals surface area contributed by atoms with Gasteiger partial charge in [-0.3, -0.25) is 4.99 Å². The average molecular weight is 769 g/mol. The van der Waals surface area contributed by atoms with Crippen LogP contribution in [0.15, 0.2) is 75.6 Å². The van der Waals surface area contributed by atoms with Crippen molar-refractivity contribution >= 4 is 11.8 Å². The molecule has 0 aliphatic carbocycles. The minimum Gasteiger partial charge on any atom is -0.444 e. The van der Waals surface area contributed by atoms with E-state index in [1.54, 1.807) is 4.90 Å². The molecule has 1 heterocycles. The first-order valence-electron chi connectivity index (χ1n) is 21.8. The second-order valence-corrected chi connectivity index (χ2v) is 14.3. The molecule has 6 heteroatoms. The number of hydrogen-bond acceptors (Lipinski definition) is 5. The van der Waals surface area contributed by atoms with E-state index in [9.17, 15) is 4.79 Å². The highest BCUT2D eigenvalue weighted by atomic mass is 16.6. The summed E-state index contributed by atoms with van der Waals surface area (Å²) < 4.78 is 5.49. The topological polar surface area (TPSA) is 68.9 Å². The molecule has 320 valence electrons. The van der Waals surface area contributed by atoms with E-state index < -0.39 is 5.60 Å². The molecule has 1 amide bonds. The second kappa shape index (κ2) is 43.4. The van der Waals surface area contributed by atoms with Gasteiger partial charge in [-0.25, -0.2) is 4.79 Å². The molecule has 0 bridgehead atoms. The Bertz CT molecular complexity index is 1160. The zero-order valence-electron chi connectivity index (χ0n) is 40.0. The van der Waals surface area contributed by atoms with Gasteiger partial charge in [0.25, 0.3) is 0 Å². The zero-order chi connectivity index (χ0) is 43.7. The van der Waals surface area contributed by atoms with Crippen LogP contribution in [0, 0.1) is 11.3 Å². The molecule has 1 fully saturated rings. The van der Waals surface area contributed by atoms with Crippen LogP contribution >= 0.6 is 0 Å². The van der Waals surface area contributed by atoms with E-state index in [2.05, 4.69) is 125 Å². The number of unbranched alkanes of at least 4 members (excludes halogenated alkanes) is 3. The van der Waals surface area contributed by atoms with E-state index in [4.69, 9.17) is 10.00 Å². The summed E-state index contributed by atoms with van der Waals surface area (Å²) in [7, 11) is 0. The Hall–Kier alpha value is -3.33. The first kappa shape index (κ1) is 60.9. The van der Waals surface area contributed by atoms with Gasteiger partial charge in [0.05, 0.1) is 11.6 Å². The van der Waals surface area contributed by atoms with Gasteiger partial charge in [-0.1, -0.05) is 151 Å². The highest BCUT2D eigenvalue weighted by molar-refractivity contribution is 6.02. The van der Waals surface area contributed by atoms with Gasteiger partial charge >= 0.3 is 6.09 Å². The van der Waals surface area contributed by atoms with Gasteiger partial charge in [-0.2, -0.15) is 5.26 Å². The van der Waals surface area contributed by atoms with Crippen LogP contribution in [0.25, 0.3) is 0 Å². The van der Waals surface area contributed by atoms with E-state index >= 15 is 0 Å². The smallest absolute Gasteiger partial charge is 0.410 e. The van der Waals surface area contributed by atoms with Crippen LogP contribution in [0.2, 0.25) is 0 Å². The molecule has 1 aliphatic rings. The van der Waals surface area contributed by atoms with Gasteiger partial charge in [0, 0.05) is 49.4 Å². The van der Waals surface area contributed by atoms with Crippen molar-refractivity contribution < 1.29 is 9.53 Å². The van der Waals surface area contributed by atoms with Crippen LogP contribution in [-0.2, 0) is 4.74 Å². The van der Waals surface area contributed by atoms with Crippen molar-refractivity contribution in [1.29, 1.82) is 5.26 Å². The summed E-state index contributed by atoms with van der Waals surface area (Å²) in [6.07, 6.45) is 25.8. The molecular weight excluding hydrogens is 677 g/mol. The van der Waals surface area contributed by atoms with Gasteiger partial charge in [-0.05, 0) is 92.4 Å². The van der Waals surface area contributed by atoms with Crippen molar-refractivity contribution in [2.24, 2.45) is 4.99 Å². The Morgan fingerprint density at radius 1 is 0.782 bits per heavy atom. The van der Waals surface area contributed by atoms with Gasteiger partial charge in [-0.15, -0.1) is 0 Å². The third-order valence-corrected chi connectivity index (χ3v) is 7.60. The van der Waals surface area contributed by atoms with Crippen LogP contribution in [-0.4, -0.2) is 53.4 Å². The van der Waals surface area contributed by atoms with Crippen molar-refractivity contribution in [2.45, 2.75) is 201 Å². The molecule has 0 saturated carbocycles. The number of aliphatic imine (C=N–C) groups is 1. The molecule has 6 nitrogen and oxygen atoms in total. The lowest BCUT2D eigenvalue weighted by molar-refractivity contribution is 0.0168. The summed E-state index contributed by atoms with van der Waals surface area (Å²) in [4.78, 5) is 21.0. The minimum absolute atomic E-state index is 0.226. The highest BCUT2D eigenvalue weighted by Gasteiger charge is 2.27. The molecule has 0 radical (unpaired) electrons. The predicted molar refractivity (Wildman–Crippen MR) is 249 cm³/mol. The summed E-state index contributed by atoms with van der Waals surface area (Å²) in [5.74, 6) is 0. The third kappa shape index (κ3) is 38.7. The molecule has 0 aromatic heterocycles. The summed E-state index contributed by atoms with van der Waals surface area (Å²) in [6.45, 7) is 42.4. The van der Waals surface area contributed by atoms with Crippen LogP contribution in [0.4, 0.5) is 4.79 Å². The Morgan fingerprint density at radius 2 is 1.27 bits per heavy atom. The fourth-order valence-electron chi connectivity index (χ4n) is 4.53. The van der Waals surface area contributed by atoms with Crippen LogP contribution in [0.5, 0.6) is 0 Å². The van der Waals surface area contributed by atoms with Gasteiger partial charge in [0.15, 0.2) is 0 Å². The van der Waals surface area contributed by atoms with E-state index in [1.807, 2.05) is 65.1 Å². The molecule has 0 spiro atoms. The molecule has 55 heavy (non-hydrogen) atoms. The van der Waals surface area contributed by atoms with Crippen LogP contribution in [0.1, 0.15) is 196 Å². The third-order valence-electron chi connectivity index (χ3n) is 7.60. The SMILES string of the molecule is CC.CC/C=C/C=C(C#N)\C=C(/C)CCC.CCC.CCCC.CCCCC.C\C=C(C)/C(C(/C)=N/C=C/CC)=C(/C)N1CCN(C(=O)OC(C)(C)C)CC1. The number of piperazine rings is 1. The lowest BCUT2D eigenvalue weighted by atomic mass is 10.00. The number of amides is 1. The number of nitrogens with zero attached hydrogens (tertiary/aromatic N) is 4. The monoisotopic (exact) mass is 769 g/mol. The molecular formula is C49H92N4O2. The molecule has 0 aromatic carbocycles. The van der Waals surface area contributed by atoms with Crippen molar-refractivity contribution in [3.8, 4) is 6.07 Å². The van der Waals surface area contributed by atoms with E-state index in [-0.39, 0.29) is 6.09 Å². The molecule has 0 N–H and O–H groups in total. The maximum atomic E-state index is 12.3. The largest absolute Gasteiger partial charge is 0.444 e. The van der Waals surface area contributed by atoms with Crippen LogP contribution < -0.4 is 0 Å². The lowest BCUT2D eigenvalue weighted by Crippen LogP contribution is -2.49. The number of ether oxygens (including phenoxy) is 1. The predicted octanol–water partition coefficient (Wildman–Crippen LogP) is 15.8. The summed E-state index contributed by atoms with van der Waals surface area (Å²) in [5.41, 5.74) is 6.17. The number of allylic oxidation sites excluding steroid dienone is 11. The summed E-state index contributed by atoms with van der Waals surface area (Å²) >= 11 is 0. The average Bonchev–Trinajstić information content (AvgIpc) is 3.16. The van der Waals surface area contributed by atoms with Crippen LogP contribution in [0.3, 0.4) is 0 Å². The maximum Gasteiger partial charge on any atom is 0.410 e. The quantitative estimate of drug-likeness (QED) is 0.106. The Kier molecular flexibility index (Phi) is 48.1. The van der Waals surface area contributed by atoms with Crippen molar-refractivity contribution in [1.82, 2.24) is 9.80 Å². The lowest BCUT2D eigenvalue weighted by Gasteiger charge is -2.38. The first-order chi connectivity index (χ1) is 26.1. The summed E-state index contributed by atoms with van der Waals surface area (Å²) in [5, 5.41) is 8.85. The Balaban J connectivity index is -0.000000246. The fraction of sp³-hybridized carbons (Fsp3) is 0.694. The Morgan fingerprint density at radius 3 is 1.64 bits per heavy atom. The Labute approximate surface area is 344 Å². The standard InChI is InChI=1S/C22H37N3O2.C13H19N.C5H12.C4H10.C3H8.C2H6/c1-9-11-12-23-18(4)20(17(3)10-2)19(5)24-13-15-25(16-14-24)21(26)27-22(6,7)8;1-4-6-7-9-13(11-14)10-12(3)8-5-2;1-3-5-4-2;1-3-4-2;1-3-2;1-2/h10-12H,9,13-16H2,1-8H3;6-7,9-10H,4-5,8H2,1-3H3;3-5H2,1-2H3;3-4H2,1-2H3;3H2,1-2H3;1-2H3/b12-11+,17-10-,20-19+,23-18+;7-6+,12-10+,13-9+;;;;. The fourth-order valence-corrected chi connectivity index (χ4v) is 4.53. The molecule has 1 aliphatic heterocycles. The van der Waals surface area contributed by atoms with Gasteiger partial charge in [0.2, 0.25) is 0 Å². The second-order valence-electron chi connectivity index (χ2n) is 14.3. The van der Waals surface area contributed by atoms with Crippen molar-refractivity contribution in [2.75, 3.05) is 26.2 Å². The number of carbonyl (C=O) groups excluding carboxylic acids is 1. The molecule has 1 rings (SSSR count). The minimum atomic E-state index is -0.459.